The van der Waals surface area contributed by atoms with Gasteiger partial charge in [-0.2, -0.15) is 0 Å². The van der Waals surface area contributed by atoms with Crippen molar-refractivity contribution in [2.24, 2.45) is 45.3 Å². The highest BCUT2D eigenvalue weighted by Gasteiger charge is 2.72. The molecular weight excluding hydrogens is 1030 g/mol. The van der Waals surface area contributed by atoms with Gasteiger partial charge >= 0.3 is 0 Å². The van der Waals surface area contributed by atoms with Gasteiger partial charge in [0.25, 0.3) is 0 Å². The lowest BCUT2D eigenvalue weighted by atomic mass is 9.35. The Bertz CT molecular complexity index is 2020. The number of rotatable bonds is 17. The molecule has 4 heterocycles. The third-order valence-electron chi connectivity index (χ3n) is 21.2. The third-order valence-corrected chi connectivity index (χ3v) is 21.2. The molecule has 4 aliphatic heterocycles. The molecule has 0 aromatic carbocycles. The molecule has 0 bridgehead atoms. The van der Waals surface area contributed by atoms with Crippen molar-refractivity contribution in [3.63, 3.8) is 0 Å². The van der Waals surface area contributed by atoms with Crippen molar-refractivity contribution in [2.75, 3.05) is 26.4 Å². The van der Waals surface area contributed by atoms with Gasteiger partial charge in [0, 0.05) is 0 Å². The second-order valence-electron chi connectivity index (χ2n) is 25.8. The topological polar surface area (TPSA) is 398 Å². The molecule has 24 nitrogen and oxygen atoms in total. The van der Waals surface area contributed by atoms with Gasteiger partial charge in [-0.3, -0.25) is 0 Å². The molecule has 16 N–H and O–H groups in total. The first-order chi connectivity index (χ1) is 36.5. The first-order valence-corrected chi connectivity index (χ1v) is 28.0. The van der Waals surface area contributed by atoms with Crippen LogP contribution in [0.1, 0.15) is 106 Å². The fourth-order valence-corrected chi connectivity index (χ4v) is 16.3. The molecule has 0 radical (unpaired) electrons. The van der Waals surface area contributed by atoms with Gasteiger partial charge in [-0.15, -0.1) is 0 Å². The summed E-state index contributed by atoms with van der Waals surface area (Å²) in [5.74, 6) is -0.770. The maximum Gasteiger partial charge on any atom is 0.187 e. The molecule has 0 spiro atoms. The van der Waals surface area contributed by atoms with E-state index in [1.165, 1.54) is 0 Å². The Morgan fingerprint density at radius 3 is 1.65 bits per heavy atom. The van der Waals surface area contributed by atoms with E-state index >= 15 is 0 Å². The van der Waals surface area contributed by atoms with Crippen molar-refractivity contribution in [1.29, 1.82) is 0 Å². The van der Waals surface area contributed by atoms with E-state index in [4.69, 9.17) is 37.9 Å². The molecule has 8 fully saturated rings. The number of aliphatic hydroxyl groups excluding tert-OH is 16. The van der Waals surface area contributed by atoms with Crippen LogP contribution in [-0.4, -0.2) is 255 Å². The quantitative estimate of drug-likeness (QED) is 0.0503. The van der Waals surface area contributed by atoms with E-state index in [9.17, 15) is 81.7 Å². The summed E-state index contributed by atoms with van der Waals surface area (Å²) in [5.41, 5.74) is -2.53. The predicted octanol–water partition coefficient (Wildman–Crippen LogP) is -3.23. The number of aliphatic hydroxyl groups is 16. The summed E-state index contributed by atoms with van der Waals surface area (Å²) in [5, 5.41) is 173. The molecule has 4 saturated carbocycles. The molecule has 24 heteroatoms. The fourth-order valence-electron chi connectivity index (χ4n) is 16.3. The number of hydrogen-bond donors (Lipinski definition) is 16. The van der Waals surface area contributed by atoms with Crippen molar-refractivity contribution in [3.05, 3.63) is 12.2 Å². The van der Waals surface area contributed by atoms with Crippen molar-refractivity contribution < 1.29 is 120 Å². The van der Waals surface area contributed by atoms with E-state index in [-0.39, 0.29) is 41.4 Å². The minimum absolute atomic E-state index is 0.00510. The van der Waals surface area contributed by atoms with E-state index in [0.717, 1.165) is 12.8 Å². The largest absolute Gasteiger partial charge is 0.394 e. The molecule has 0 amide bonds. The van der Waals surface area contributed by atoms with Crippen LogP contribution in [0.25, 0.3) is 0 Å². The molecule has 0 unspecified atom stereocenters. The highest BCUT2D eigenvalue weighted by atomic mass is 16.8. The maximum atomic E-state index is 12.8. The average Bonchev–Trinajstić information content (AvgIpc) is 3.91. The zero-order valence-electron chi connectivity index (χ0n) is 45.9. The average molecular weight is 1130 g/mol. The van der Waals surface area contributed by atoms with E-state index in [1.807, 2.05) is 6.92 Å². The summed E-state index contributed by atoms with van der Waals surface area (Å²) < 4.78 is 48.7. The lowest BCUT2D eigenvalue weighted by molar-refractivity contribution is -0.378. The number of hydrogen-bond acceptors (Lipinski definition) is 24. The zero-order valence-corrected chi connectivity index (χ0v) is 45.9. The molecule has 8 rings (SSSR count). The van der Waals surface area contributed by atoms with Crippen LogP contribution in [0.4, 0.5) is 0 Å². The molecule has 0 aromatic rings. The van der Waals surface area contributed by atoms with Crippen LogP contribution >= 0.6 is 0 Å². The number of ether oxygens (including phenoxy) is 8. The predicted molar refractivity (Wildman–Crippen MR) is 268 cm³/mol. The summed E-state index contributed by atoms with van der Waals surface area (Å²) in [6, 6.07) is 0. The van der Waals surface area contributed by atoms with Gasteiger partial charge in [-0.1, -0.05) is 46.8 Å². The molecule has 78 heavy (non-hydrogen) atoms. The highest BCUT2D eigenvalue weighted by Crippen LogP contribution is 2.76. The van der Waals surface area contributed by atoms with Gasteiger partial charge in [0.1, 0.15) is 97.7 Å². The van der Waals surface area contributed by atoms with Gasteiger partial charge in [0.2, 0.25) is 0 Å². The Balaban J connectivity index is 1.02. The van der Waals surface area contributed by atoms with Crippen LogP contribution < -0.4 is 0 Å². The minimum atomic E-state index is -1.83. The maximum absolute atomic E-state index is 12.8. The Labute approximate surface area is 455 Å². The molecule has 4 saturated heterocycles. The Morgan fingerprint density at radius 2 is 1.08 bits per heavy atom. The number of fused-ring (bicyclic) bond motifs is 5. The Kier molecular flexibility index (Phi) is 19.1. The highest BCUT2D eigenvalue weighted by molar-refractivity contribution is 5.21. The van der Waals surface area contributed by atoms with Gasteiger partial charge in [0.15, 0.2) is 25.2 Å². The third kappa shape index (κ3) is 10.8. The minimum Gasteiger partial charge on any atom is -0.394 e. The standard InChI is InChI=1S/C54H92O24/c1-22(2)24(58)10-16-54(8,78-48-44(70)40(66)37(63)29(75-48)21-71-46-42(68)38(64)34(60)26(18-55)72-46)23-9-14-53(7)33(23)25(59)17-31-51(5)13-12-32(50(3,4)30(51)11-15-52(31,53)6)76-49-45(41(67)36(62)28(20-57)74-49)77-47-43(69)39(65)35(61)27(19-56)73-47/h23-49,55-70H,1,9-21H2,2-8H3/t23-,24+,25+,26+,27+,28+,29+,30-,31+,32-,33-,34+,35+,36+,37+,38-,39-,40-,41-,42+,43+,44+,45+,46+,47-,48-,49-,51-,52+,53+,54-/m0/s1. The van der Waals surface area contributed by atoms with Gasteiger partial charge in [-0.25, -0.2) is 0 Å². The lowest BCUT2D eigenvalue weighted by Crippen LogP contribution is -2.68. The SMILES string of the molecule is C=C(C)[C@H](O)CC[C@](C)(O[C@@H]1O[C@H](CO[C@@H]2O[C@H](CO)[C@@H](O)[C@H](O)[C@H]2O)[C@@H](O)[C@H](O)[C@H]1O)[C@H]1CC[C@]2(C)[C@@H]1[C@H](O)C[C@@H]1[C@@]3(C)CC[C@H](O[C@@H]4O[C@H](CO)[C@@H](O)[C@H](O)[C@H]4O[C@@H]4O[C@H](CO)[C@@H](O)[C@H](O)[C@H]4O)C(C)(C)[C@@H]3CC[C@]12C. The van der Waals surface area contributed by atoms with Crippen molar-refractivity contribution in [1.82, 2.24) is 0 Å². The molecule has 31 atom stereocenters. The molecule has 0 aromatic heterocycles. The molecular formula is C54H92O24. The van der Waals surface area contributed by atoms with E-state index in [1.54, 1.807) is 6.92 Å². The fraction of sp³-hybridized carbons (Fsp3) is 0.963. The Hall–Kier alpha value is -1.22. The summed E-state index contributed by atoms with van der Waals surface area (Å²) in [6.45, 7) is 15.9. The van der Waals surface area contributed by atoms with Gasteiger partial charge < -0.3 is 120 Å². The van der Waals surface area contributed by atoms with E-state index in [2.05, 4.69) is 41.2 Å². The van der Waals surface area contributed by atoms with Crippen molar-refractivity contribution in [2.45, 2.75) is 253 Å². The second kappa shape index (κ2) is 23.7. The summed E-state index contributed by atoms with van der Waals surface area (Å²) in [4.78, 5) is 0. The van der Waals surface area contributed by atoms with Crippen LogP contribution in [0.3, 0.4) is 0 Å². The van der Waals surface area contributed by atoms with E-state index in [0.29, 0.717) is 37.7 Å². The smallest absolute Gasteiger partial charge is 0.187 e. The molecule has 8 aliphatic rings. The second-order valence-corrected chi connectivity index (χ2v) is 25.8. The molecule has 4 aliphatic carbocycles. The first kappa shape index (κ1) is 62.8. The van der Waals surface area contributed by atoms with Crippen LogP contribution in [-0.2, 0) is 37.9 Å². The monoisotopic (exact) mass is 1120 g/mol. The normalized spacial score (nSPS) is 52.6. The first-order valence-electron chi connectivity index (χ1n) is 28.0. The van der Waals surface area contributed by atoms with Crippen LogP contribution in [0.5, 0.6) is 0 Å². The molecule has 452 valence electrons. The van der Waals surface area contributed by atoms with Gasteiger partial charge in [-0.05, 0) is 117 Å². The van der Waals surface area contributed by atoms with E-state index < -0.39 is 190 Å². The van der Waals surface area contributed by atoms with Crippen molar-refractivity contribution >= 4 is 0 Å². The zero-order chi connectivity index (χ0) is 57.5. The van der Waals surface area contributed by atoms with Crippen LogP contribution in [0.2, 0.25) is 0 Å². The summed E-state index contributed by atoms with van der Waals surface area (Å²) >= 11 is 0. The summed E-state index contributed by atoms with van der Waals surface area (Å²) in [7, 11) is 0. The van der Waals surface area contributed by atoms with Crippen LogP contribution in [0.15, 0.2) is 12.2 Å². The van der Waals surface area contributed by atoms with Crippen LogP contribution in [0, 0.1) is 45.3 Å². The Morgan fingerprint density at radius 1 is 0.577 bits per heavy atom. The summed E-state index contributed by atoms with van der Waals surface area (Å²) in [6.07, 6.45) is -29.9. The lowest BCUT2D eigenvalue weighted by Gasteiger charge is -2.71. The van der Waals surface area contributed by atoms with Gasteiger partial charge in [0.05, 0.1) is 50.3 Å². The van der Waals surface area contributed by atoms with Crippen molar-refractivity contribution in [3.8, 4) is 0 Å².